The van der Waals surface area contributed by atoms with E-state index in [4.69, 9.17) is 4.74 Å². The Morgan fingerprint density at radius 3 is 2.65 bits per heavy atom. The summed E-state index contributed by atoms with van der Waals surface area (Å²) in [6.45, 7) is 1.58. The maximum Gasteiger partial charge on any atom is 0.293 e. The van der Waals surface area contributed by atoms with E-state index in [-0.39, 0.29) is 29.2 Å². The molecule has 1 aliphatic carbocycles. The minimum atomic E-state index is -0.262. The lowest BCUT2D eigenvalue weighted by Gasteiger charge is -2.40. The van der Waals surface area contributed by atoms with Gasteiger partial charge in [0.05, 0.1) is 7.11 Å². The molecule has 1 aromatic carbocycles. The van der Waals surface area contributed by atoms with E-state index in [1.807, 2.05) is 4.90 Å². The van der Waals surface area contributed by atoms with Crippen LogP contribution in [0.5, 0.6) is 5.75 Å². The Labute approximate surface area is 153 Å². The molecule has 136 valence electrons. The predicted molar refractivity (Wildman–Crippen MR) is 99.5 cm³/mol. The number of amides is 1. The lowest BCUT2D eigenvalue weighted by atomic mass is 9.74. The average Bonchev–Trinajstić information content (AvgIpc) is 3.02. The van der Waals surface area contributed by atoms with Crippen molar-refractivity contribution in [2.75, 3.05) is 20.2 Å². The summed E-state index contributed by atoms with van der Waals surface area (Å²) in [5.74, 6) is 0.266. The molecule has 1 fully saturated rings. The number of methoxy groups -OCH3 is 1. The number of hydrogen-bond donors (Lipinski definition) is 0. The minimum Gasteiger partial charge on any atom is -0.491 e. The van der Waals surface area contributed by atoms with Crippen LogP contribution in [0.3, 0.4) is 0 Å². The van der Waals surface area contributed by atoms with Crippen LogP contribution in [0.4, 0.5) is 0 Å². The number of aromatic nitrogens is 1. The van der Waals surface area contributed by atoms with E-state index < -0.39 is 0 Å². The summed E-state index contributed by atoms with van der Waals surface area (Å²) in [6.07, 6.45) is 5.97. The van der Waals surface area contributed by atoms with E-state index in [1.165, 1.54) is 29.2 Å². The third-order valence-corrected chi connectivity index (χ3v) is 6.05. The Bertz CT molecular complexity index is 879. The van der Waals surface area contributed by atoms with E-state index in [0.717, 1.165) is 32.4 Å². The van der Waals surface area contributed by atoms with Crippen LogP contribution in [0.25, 0.3) is 0 Å². The van der Waals surface area contributed by atoms with Crippen molar-refractivity contribution in [1.29, 1.82) is 0 Å². The lowest BCUT2D eigenvalue weighted by molar-refractivity contribution is -0.133. The second kappa shape index (κ2) is 6.63. The molecular weight excluding hydrogens is 328 g/mol. The molecule has 0 atom stereocenters. The number of aryl methyl sites for hydroxylation is 1. The van der Waals surface area contributed by atoms with Gasteiger partial charge < -0.3 is 14.2 Å². The first kappa shape index (κ1) is 16.9. The number of hydrogen-bond acceptors (Lipinski definition) is 3. The third-order valence-electron chi connectivity index (χ3n) is 6.05. The molecule has 0 unspecified atom stereocenters. The molecule has 0 radical (unpaired) electrons. The SMILES string of the molecule is COc1cccn(CC(=O)N2CCC3(CCc4ccccc43)CC2)c1=O. The van der Waals surface area contributed by atoms with E-state index in [9.17, 15) is 9.59 Å². The molecule has 2 aliphatic rings. The molecule has 1 saturated heterocycles. The molecule has 0 N–H and O–H groups in total. The maximum atomic E-state index is 12.7. The molecule has 1 aliphatic heterocycles. The van der Waals surface area contributed by atoms with Gasteiger partial charge in [-0.05, 0) is 54.4 Å². The molecule has 1 amide bonds. The fourth-order valence-corrected chi connectivity index (χ4v) is 4.51. The summed E-state index contributed by atoms with van der Waals surface area (Å²) < 4.78 is 6.48. The van der Waals surface area contributed by atoms with Gasteiger partial charge in [-0.3, -0.25) is 9.59 Å². The molecule has 26 heavy (non-hydrogen) atoms. The van der Waals surface area contributed by atoms with Crippen molar-refractivity contribution < 1.29 is 9.53 Å². The summed E-state index contributed by atoms with van der Waals surface area (Å²) in [6, 6.07) is 12.1. The van der Waals surface area contributed by atoms with Crippen molar-refractivity contribution in [1.82, 2.24) is 9.47 Å². The Hall–Kier alpha value is -2.56. The van der Waals surface area contributed by atoms with Crippen molar-refractivity contribution in [2.24, 2.45) is 0 Å². The second-order valence-corrected chi connectivity index (χ2v) is 7.33. The van der Waals surface area contributed by atoms with E-state index in [1.54, 1.807) is 18.3 Å². The van der Waals surface area contributed by atoms with Crippen molar-refractivity contribution in [3.8, 4) is 5.75 Å². The summed E-state index contributed by atoms with van der Waals surface area (Å²) in [4.78, 5) is 26.8. The van der Waals surface area contributed by atoms with Gasteiger partial charge in [-0.15, -0.1) is 0 Å². The third kappa shape index (κ3) is 2.81. The summed E-state index contributed by atoms with van der Waals surface area (Å²) in [5.41, 5.74) is 2.92. The number of likely N-dealkylation sites (tertiary alicyclic amines) is 1. The van der Waals surface area contributed by atoms with Crippen molar-refractivity contribution >= 4 is 5.91 Å². The highest BCUT2D eigenvalue weighted by molar-refractivity contribution is 5.76. The number of benzene rings is 1. The molecular formula is C21H24N2O3. The fourth-order valence-electron chi connectivity index (χ4n) is 4.51. The number of carbonyl (C=O) groups is 1. The number of rotatable bonds is 3. The van der Waals surface area contributed by atoms with Crippen LogP contribution in [0, 0.1) is 0 Å². The molecule has 5 nitrogen and oxygen atoms in total. The minimum absolute atomic E-state index is 0.00138. The average molecular weight is 352 g/mol. The Morgan fingerprint density at radius 1 is 1.12 bits per heavy atom. The highest BCUT2D eigenvalue weighted by atomic mass is 16.5. The Kier molecular flexibility index (Phi) is 4.31. The van der Waals surface area contributed by atoms with Crippen LogP contribution in [0.1, 0.15) is 30.4 Å². The van der Waals surface area contributed by atoms with Crippen molar-refractivity contribution in [3.05, 3.63) is 64.1 Å². The fraction of sp³-hybridized carbons (Fsp3) is 0.429. The smallest absolute Gasteiger partial charge is 0.293 e. The van der Waals surface area contributed by atoms with Crippen molar-refractivity contribution in [3.63, 3.8) is 0 Å². The highest BCUT2D eigenvalue weighted by Gasteiger charge is 2.41. The first-order valence-corrected chi connectivity index (χ1v) is 9.23. The number of pyridine rings is 1. The van der Waals surface area contributed by atoms with E-state index in [0.29, 0.717) is 0 Å². The van der Waals surface area contributed by atoms with Gasteiger partial charge in [0, 0.05) is 19.3 Å². The largest absolute Gasteiger partial charge is 0.491 e. The quantitative estimate of drug-likeness (QED) is 0.852. The van der Waals surface area contributed by atoms with Gasteiger partial charge >= 0.3 is 0 Å². The lowest BCUT2D eigenvalue weighted by Crippen LogP contribution is -2.46. The molecule has 1 spiro atoms. The molecule has 5 heteroatoms. The number of nitrogens with zero attached hydrogens (tertiary/aromatic N) is 2. The van der Waals surface area contributed by atoms with Crippen LogP contribution < -0.4 is 10.3 Å². The van der Waals surface area contributed by atoms with Crippen molar-refractivity contribution in [2.45, 2.75) is 37.6 Å². The molecule has 0 bridgehead atoms. The van der Waals surface area contributed by atoms with Gasteiger partial charge in [0.15, 0.2) is 5.75 Å². The van der Waals surface area contributed by atoms with Crippen LogP contribution in [-0.2, 0) is 23.2 Å². The van der Waals surface area contributed by atoms with Gasteiger partial charge in [-0.25, -0.2) is 0 Å². The number of piperidine rings is 1. The summed E-state index contributed by atoms with van der Waals surface area (Å²) >= 11 is 0. The van der Waals surface area contributed by atoms with E-state index in [2.05, 4.69) is 24.3 Å². The predicted octanol–water partition coefficient (Wildman–Crippen LogP) is 2.36. The standard InChI is InChI=1S/C21H24N2O3/c1-26-18-7-4-12-23(20(18)25)15-19(24)22-13-10-21(11-14-22)9-8-16-5-2-3-6-17(16)21/h2-7,12H,8-11,13-15H2,1H3. The zero-order valence-corrected chi connectivity index (χ0v) is 15.1. The van der Waals surface area contributed by atoms with Gasteiger partial charge in [-0.2, -0.15) is 0 Å². The number of ether oxygens (including phenoxy) is 1. The Morgan fingerprint density at radius 2 is 1.88 bits per heavy atom. The van der Waals surface area contributed by atoms with Crippen LogP contribution in [0.15, 0.2) is 47.4 Å². The zero-order valence-electron chi connectivity index (χ0n) is 15.1. The van der Waals surface area contributed by atoms with Gasteiger partial charge in [0.25, 0.3) is 5.56 Å². The zero-order chi connectivity index (χ0) is 18.1. The normalized spacial score (nSPS) is 18.0. The van der Waals surface area contributed by atoms with Gasteiger partial charge in [-0.1, -0.05) is 24.3 Å². The molecule has 1 aromatic heterocycles. The molecule has 2 aromatic rings. The summed E-state index contributed by atoms with van der Waals surface area (Å²) in [5, 5.41) is 0. The highest BCUT2D eigenvalue weighted by Crippen LogP contribution is 2.46. The topological polar surface area (TPSA) is 51.5 Å². The maximum absolute atomic E-state index is 12.7. The molecule has 4 rings (SSSR count). The van der Waals surface area contributed by atoms with Crippen LogP contribution >= 0.6 is 0 Å². The van der Waals surface area contributed by atoms with Crippen LogP contribution in [0.2, 0.25) is 0 Å². The second-order valence-electron chi connectivity index (χ2n) is 7.33. The first-order valence-electron chi connectivity index (χ1n) is 9.23. The first-order chi connectivity index (χ1) is 12.6. The van der Waals surface area contributed by atoms with E-state index >= 15 is 0 Å². The van der Waals surface area contributed by atoms with Gasteiger partial charge in [0.2, 0.25) is 5.91 Å². The van der Waals surface area contributed by atoms with Gasteiger partial charge in [0.1, 0.15) is 6.54 Å². The number of carbonyl (C=O) groups excluding carboxylic acids is 1. The Balaban J connectivity index is 1.44. The molecule has 2 heterocycles. The molecule has 0 saturated carbocycles. The van der Waals surface area contributed by atoms with Crippen LogP contribution in [-0.4, -0.2) is 35.6 Å². The number of fused-ring (bicyclic) bond motifs is 2. The monoisotopic (exact) mass is 352 g/mol. The summed E-state index contributed by atoms with van der Waals surface area (Å²) in [7, 11) is 1.46.